The first-order valence-electron chi connectivity index (χ1n) is 21.5. The fraction of sp³-hybridized carbons (Fsp3) is 0.950. The van der Waals surface area contributed by atoms with Gasteiger partial charge in [-0.15, -0.1) is 0 Å². The van der Waals surface area contributed by atoms with Gasteiger partial charge in [0, 0.05) is 12.8 Å². The molecule has 0 aromatic rings. The van der Waals surface area contributed by atoms with Crippen molar-refractivity contribution in [1.82, 2.24) is 0 Å². The van der Waals surface area contributed by atoms with Gasteiger partial charge in [-0.3, -0.25) is 18.6 Å². The molecule has 13 nitrogen and oxygen atoms in total. The van der Waals surface area contributed by atoms with Gasteiger partial charge in [0.1, 0.15) is 19.8 Å². The summed E-state index contributed by atoms with van der Waals surface area (Å²) in [5.41, 5.74) is -0.406. The molecule has 0 saturated carbocycles. The van der Waals surface area contributed by atoms with Gasteiger partial charge in [-0.05, 0) is 64.2 Å². The van der Waals surface area contributed by atoms with Crippen LogP contribution in [0.2, 0.25) is 0 Å². The van der Waals surface area contributed by atoms with Crippen LogP contribution in [0.15, 0.2) is 20.5 Å². The zero-order valence-electron chi connectivity index (χ0n) is 34.8. The van der Waals surface area contributed by atoms with Gasteiger partial charge in [0.15, 0.2) is 17.4 Å². The van der Waals surface area contributed by atoms with Crippen LogP contribution in [0.3, 0.4) is 0 Å². The van der Waals surface area contributed by atoms with Crippen molar-refractivity contribution in [2.24, 2.45) is 20.5 Å². The Labute approximate surface area is 327 Å². The van der Waals surface area contributed by atoms with Gasteiger partial charge >= 0.3 is 19.8 Å². The van der Waals surface area contributed by atoms with Gasteiger partial charge < -0.3 is 18.9 Å². The lowest BCUT2D eigenvalue weighted by Crippen LogP contribution is -2.37. The number of hydrogen-bond donors (Lipinski definition) is 1. The Morgan fingerprint density at radius 3 is 1.52 bits per heavy atom. The molecule has 0 bridgehead atoms. The Hall–Kier alpha value is -1.79. The number of quaternary nitrogens is 1. The van der Waals surface area contributed by atoms with Crippen molar-refractivity contribution < 1.29 is 42.1 Å². The second kappa shape index (κ2) is 27.0. The molecule has 0 aliphatic carbocycles. The first kappa shape index (κ1) is 48.4. The number of nitrogens with zero attached hydrogens (tertiary/aromatic N) is 5. The lowest BCUT2D eigenvalue weighted by molar-refractivity contribution is -0.870. The van der Waals surface area contributed by atoms with Gasteiger partial charge in [-0.2, -0.15) is 20.5 Å². The minimum absolute atomic E-state index is 0.0160. The molecule has 0 spiro atoms. The molecular formula is C40H77N5O8P+. The fourth-order valence-electron chi connectivity index (χ4n) is 6.47. The molecule has 0 radical (unpaired) electrons. The minimum Gasteiger partial charge on any atom is -0.462 e. The second-order valence-electron chi connectivity index (χ2n) is 16.6. The number of ether oxygens (including phenoxy) is 2. The summed E-state index contributed by atoms with van der Waals surface area (Å²) in [6.07, 6.45) is 26.0. The molecule has 0 fully saturated rings. The summed E-state index contributed by atoms with van der Waals surface area (Å²) in [5.74, 6) is -0.872. The first-order valence-corrected chi connectivity index (χ1v) is 23.0. The predicted octanol–water partition coefficient (Wildman–Crippen LogP) is 10.8. The third-order valence-electron chi connectivity index (χ3n) is 10.2. The van der Waals surface area contributed by atoms with Gasteiger partial charge in [-0.1, -0.05) is 104 Å². The number of carbonyl (C=O) groups is 2. The van der Waals surface area contributed by atoms with Crippen LogP contribution in [0.25, 0.3) is 0 Å². The highest BCUT2D eigenvalue weighted by atomic mass is 31.2. The summed E-state index contributed by atoms with van der Waals surface area (Å²) < 4.78 is 34.4. The summed E-state index contributed by atoms with van der Waals surface area (Å²) >= 11 is 0. The Bertz CT molecular complexity index is 1140. The van der Waals surface area contributed by atoms with E-state index in [0.29, 0.717) is 17.4 Å². The number of esters is 2. The topological polar surface area (TPSA) is 158 Å². The van der Waals surface area contributed by atoms with E-state index in [1.807, 2.05) is 21.1 Å². The Morgan fingerprint density at radius 1 is 0.593 bits per heavy atom. The number of phosphoric ester groups is 1. The smallest absolute Gasteiger partial charge is 0.462 e. The maximum Gasteiger partial charge on any atom is 0.472 e. The number of rotatable bonds is 38. The van der Waals surface area contributed by atoms with Crippen LogP contribution in [0.4, 0.5) is 0 Å². The van der Waals surface area contributed by atoms with Crippen LogP contribution in [0.1, 0.15) is 181 Å². The summed E-state index contributed by atoms with van der Waals surface area (Å²) in [6, 6.07) is 0. The summed E-state index contributed by atoms with van der Waals surface area (Å²) in [6.45, 7) is 4.26. The van der Waals surface area contributed by atoms with Crippen LogP contribution < -0.4 is 0 Å². The molecule has 14 heteroatoms. The molecule has 314 valence electrons. The summed E-state index contributed by atoms with van der Waals surface area (Å²) in [5, 5.41) is 17.2. The Morgan fingerprint density at radius 2 is 1.02 bits per heavy atom. The number of likely N-dealkylation sites (N-methyl/N-ethyl adjacent to an activating group) is 1. The minimum atomic E-state index is -4.40. The molecular weight excluding hydrogens is 709 g/mol. The molecule has 2 atom stereocenters. The zero-order valence-corrected chi connectivity index (χ0v) is 35.7. The van der Waals surface area contributed by atoms with Gasteiger partial charge in [-0.25, -0.2) is 4.57 Å². The van der Waals surface area contributed by atoms with Gasteiger partial charge in [0.2, 0.25) is 0 Å². The number of phosphoric acid groups is 1. The van der Waals surface area contributed by atoms with Crippen molar-refractivity contribution >= 4 is 19.8 Å². The molecule has 2 heterocycles. The number of unbranched alkanes of at least 4 members (excludes halogenated alkanes) is 16. The normalized spacial score (nSPS) is 16.9. The highest BCUT2D eigenvalue weighted by molar-refractivity contribution is 7.47. The average molecular weight is 787 g/mol. The Balaban J connectivity index is 1.65. The lowest BCUT2D eigenvalue weighted by atomic mass is 9.96. The number of hydrogen-bond acceptors (Lipinski definition) is 11. The largest absolute Gasteiger partial charge is 0.472 e. The van der Waals surface area contributed by atoms with Crippen molar-refractivity contribution in [2.75, 3.05) is 47.5 Å². The summed E-state index contributed by atoms with van der Waals surface area (Å²) in [4.78, 5) is 35.5. The maximum atomic E-state index is 12.8. The molecule has 0 amide bonds. The van der Waals surface area contributed by atoms with E-state index >= 15 is 0 Å². The first-order chi connectivity index (χ1) is 25.8. The van der Waals surface area contributed by atoms with E-state index in [4.69, 9.17) is 18.5 Å². The van der Waals surface area contributed by atoms with E-state index in [0.717, 1.165) is 70.6 Å². The summed E-state index contributed by atoms with van der Waals surface area (Å²) in [7, 11) is 1.42. The van der Waals surface area contributed by atoms with Crippen LogP contribution in [0, 0.1) is 0 Å². The van der Waals surface area contributed by atoms with Crippen molar-refractivity contribution in [1.29, 1.82) is 0 Å². The fourth-order valence-corrected chi connectivity index (χ4v) is 7.21. The average Bonchev–Trinajstić information content (AvgIpc) is 4.06. The third kappa shape index (κ3) is 25.4. The van der Waals surface area contributed by atoms with E-state index in [9.17, 15) is 19.0 Å². The van der Waals surface area contributed by atoms with E-state index in [1.54, 1.807) is 0 Å². The van der Waals surface area contributed by atoms with E-state index < -0.39 is 26.5 Å². The highest BCUT2D eigenvalue weighted by Crippen LogP contribution is 2.43. The van der Waals surface area contributed by atoms with Crippen molar-refractivity contribution in [3.8, 4) is 0 Å². The molecule has 2 rings (SSSR count). The molecule has 0 aromatic heterocycles. The van der Waals surface area contributed by atoms with Crippen molar-refractivity contribution in [3.05, 3.63) is 0 Å². The van der Waals surface area contributed by atoms with Gasteiger partial charge in [0.05, 0.1) is 27.7 Å². The molecule has 1 N–H and O–H groups in total. The molecule has 2 aliphatic heterocycles. The van der Waals surface area contributed by atoms with E-state index in [1.165, 1.54) is 77.0 Å². The van der Waals surface area contributed by atoms with Gasteiger partial charge in [0.25, 0.3) is 0 Å². The SMILES string of the molecule is CCCCCCCCCCCCCCCC(=O)OCC(COP(=O)(O)OCC[N+](C)(C)C)OC(=O)CCCCC1(CCCCCC2(CCCC)N=N2)N=N1. The third-order valence-corrected chi connectivity index (χ3v) is 11.2. The Kier molecular flexibility index (Phi) is 24.1. The zero-order chi connectivity index (χ0) is 39.6. The lowest BCUT2D eigenvalue weighted by Gasteiger charge is -2.24. The predicted molar refractivity (Wildman–Crippen MR) is 212 cm³/mol. The quantitative estimate of drug-likeness (QED) is 0.0280. The van der Waals surface area contributed by atoms with Crippen LogP contribution in [-0.2, 0) is 32.7 Å². The molecule has 2 unspecified atom stereocenters. The second-order valence-corrected chi connectivity index (χ2v) is 18.1. The molecule has 2 aliphatic rings. The van der Waals surface area contributed by atoms with E-state index in [-0.39, 0.29) is 43.4 Å². The van der Waals surface area contributed by atoms with Crippen LogP contribution >= 0.6 is 7.82 Å². The number of carbonyl (C=O) groups excluding carboxylic acids is 2. The van der Waals surface area contributed by atoms with E-state index in [2.05, 4.69) is 34.3 Å². The monoisotopic (exact) mass is 787 g/mol. The van der Waals surface area contributed by atoms with Crippen LogP contribution in [0.5, 0.6) is 0 Å². The highest BCUT2D eigenvalue weighted by Gasteiger charge is 2.40. The molecule has 0 saturated heterocycles. The maximum absolute atomic E-state index is 12.8. The standard InChI is InChI=1S/C40H76N5O8P/c1-6-8-10-11-12-13-14-15-16-17-18-19-21-26-37(46)50-34-36(35-52-54(48,49)51-33-32-45(3,4)5)53-38(47)27-22-25-31-40(43-44-40)30-24-20-23-29-39(41-42-39)28-9-7-2/h36H,6-35H2,1-5H3/p+1. The van der Waals surface area contributed by atoms with Crippen molar-refractivity contribution in [2.45, 2.75) is 198 Å². The molecule has 54 heavy (non-hydrogen) atoms. The van der Waals surface area contributed by atoms with Crippen molar-refractivity contribution in [3.63, 3.8) is 0 Å². The van der Waals surface area contributed by atoms with Crippen LogP contribution in [-0.4, -0.2) is 86.3 Å². The molecule has 0 aromatic carbocycles.